The van der Waals surface area contributed by atoms with Gasteiger partial charge in [-0.1, -0.05) is 23.7 Å². The maximum absolute atomic E-state index is 12.6. The Morgan fingerprint density at radius 2 is 2.00 bits per heavy atom. The topological polar surface area (TPSA) is 101 Å². The average Bonchev–Trinajstić information content (AvgIpc) is 3.13. The van der Waals surface area contributed by atoms with Gasteiger partial charge < -0.3 is 13.9 Å². The molecule has 4 rings (SSSR count). The van der Waals surface area contributed by atoms with Gasteiger partial charge in [-0.05, 0) is 30.3 Å². The van der Waals surface area contributed by atoms with Gasteiger partial charge >= 0.3 is 5.97 Å². The molecule has 2 aromatic heterocycles. The van der Waals surface area contributed by atoms with Crippen molar-refractivity contribution in [3.05, 3.63) is 69.7 Å². The number of carbonyl (C=O) groups excluding carboxylic acids is 2. The van der Waals surface area contributed by atoms with Crippen LogP contribution < -0.4 is 10.3 Å². The molecule has 0 radical (unpaired) electrons. The van der Waals surface area contributed by atoms with Crippen LogP contribution in [-0.4, -0.2) is 35.0 Å². The number of Topliss-reactive ketones (excluding diaryl/α,β-unsaturated/α-hetero) is 1. The van der Waals surface area contributed by atoms with Crippen LogP contribution in [0.5, 0.6) is 5.75 Å². The van der Waals surface area contributed by atoms with E-state index in [9.17, 15) is 14.4 Å². The highest BCUT2D eigenvalue weighted by molar-refractivity contribution is 6.32. The van der Waals surface area contributed by atoms with Crippen LogP contribution in [0.3, 0.4) is 0 Å². The number of benzene rings is 2. The van der Waals surface area contributed by atoms with Crippen molar-refractivity contribution in [2.45, 2.75) is 6.54 Å². The fourth-order valence-electron chi connectivity index (χ4n) is 2.98. The predicted octanol–water partition coefficient (Wildman–Crippen LogP) is 3.23. The highest BCUT2D eigenvalue weighted by Gasteiger charge is 2.16. The van der Waals surface area contributed by atoms with E-state index in [0.29, 0.717) is 22.2 Å². The highest BCUT2D eigenvalue weighted by atomic mass is 35.5. The number of carbonyl (C=O) groups is 2. The zero-order valence-corrected chi connectivity index (χ0v) is 16.5. The summed E-state index contributed by atoms with van der Waals surface area (Å²) in [6.45, 7) is -0.897. The van der Waals surface area contributed by atoms with E-state index in [-0.39, 0.29) is 16.2 Å². The van der Waals surface area contributed by atoms with Crippen molar-refractivity contribution in [1.29, 1.82) is 0 Å². The maximum Gasteiger partial charge on any atom is 0.326 e. The van der Waals surface area contributed by atoms with E-state index in [1.807, 2.05) is 6.07 Å². The zero-order chi connectivity index (χ0) is 21.3. The number of ether oxygens (including phenoxy) is 2. The van der Waals surface area contributed by atoms with E-state index in [1.165, 1.54) is 25.6 Å². The number of fused-ring (bicyclic) bond motifs is 3. The largest absolute Gasteiger partial charge is 0.495 e. The first-order valence-electron chi connectivity index (χ1n) is 8.87. The number of halogens is 1. The summed E-state index contributed by atoms with van der Waals surface area (Å²) in [5.41, 5.74) is 0.765. The number of ketones is 1. The monoisotopic (exact) mass is 426 g/mol. The van der Waals surface area contributed by atoms with Gasteiger partial charge in [0, 0.05) is 10.9 Å². The third kappa shape index (κ3) is 3.65. The quantitative estimate of drug-likeness (QED) is 0.344. The molecule has 9 heteroatoms. The minimum atomic E-state index is -0.762. The predicted molar refractivity (Wildman–Crippen MR) is 109 cm³/mol. The fourth-order valence-corrected chi connectivity index (χ4v) is 3.24. The summed E-state index contributed by atoms with van der Waals surface area (Å²) in [7, 11) is 1.46. The van der Waals surface area contributed by atoms with Crippen molar-refractivity contribution in [2.75, 3.05) is 13.7 Å². The summed E-state index contributed by atoms with van der Waals surface area (Å²) in [5.74, 6) is -0.772. The molecule has 4 aromatic rings. The van der Waals surface area contributed by atoms with Gasteiger partial charge in [-0.15, -0.1) is 0 Å². The SMILES string of the molecule is COc1ccc(C(=O)COC(=O)Cn2cnc3c(oc4ccccc43)c2=O)cc1Cl. The van der Waals surface area contributed by atoms with E-state index in [2.05, 4.69) is 4.98 Å². The lowest BCUT2D eigenvalue weighted by Crippen LogP contribution is -2.26. The van der Waals surface area contributed by atoms with Crippen LogP contribution in [0.15, 0.2) is 58.0 Å². The smallest absolute Gasteiger partial charge is 0.326 e. The second-order valence-corrected chi connectivity index (χ2v) is 6.79. The summed E-state index contributed by atoms with van der Waals surface area (Å²) < 4.78 is 16.7. The molecule has 0 fully saturated rings. The maximum atomic E-state index is 12.6. The molecule has 0 aliphatic carbocycles. The van der Waals surface area contributed by atoms with Gasteiger partial charge in [-0.25, -0.2) is 4.98 Å². The van der Waals surface area contributed by atoms with Gasteiger partial charge in [0.1, 0.15) is 23.4 Å². The Balaban J connectivity index is 1.46. The van der Waals surface area contributed by atoms with E-state index < -0.39 is 30.5 Å². The molecule has 0 bridgehead atoms. The summed E-state index contributed by atoms with van der Waals surface area (Å²) in [5, 5.41) is 0.981. The number of hydrogen-bond acceptors (Lipinski definition) is 7. The third-order valence-electron chi connectivity index (χ3n) is 4.49. The molecule has 8 nitrogen and oxygen atoms in total. The summed E-state index contributed by atoms with van der Waals surface area (Å²) >= 11 is 6.00. The lowest BCUT2D eigenvalue weighted by atomic mass is 10.1. The Morgan fingerprint density at radius 3 is 2.77 bits per heavy atom. The molecular weight excluding hydrogens is 412 g/mol. The van der Waals surface area contributed by atoms with Crippen molar-refractivity contribution in [3.63, 3.8) is 0 Å². The van der Waals surface area contributed by atoms with Crippen molar-refractivity contribution in [1.82, 2.24) is 9.55 Å². The molecule has 0 aliphatic heterocycles. The van der Waals surface area contributed by atoms with Gasteiger partial charge in [0.15, 0.2) is 12.4 Å². The first-order chi connectivity index (χ1) is 14.5. The molecule has 0 aliphatic rings. The van der Waals surface area contributed by atoms with Crippen LogP contribution in [0, 0.1) is 0 Å². The fraction of sp³-hybridized carbons (Fsp3) is 0.143. The summed E-state index contributed by atoms with van der Waals surface area (Å²) in [6, 6.07) is 11.6. The third-order valence-corrected chi connectivity index (χ3v) is 4.78. The lowest BCUT2D eigenvalue weighted by Gasteiger charge is -2.07. The molecule has 2 heterocycles. The summed E-state index contributed by atoms with van der Waals surface area (Å²) in [6.07, 6.45) is 1.25. The number of para-hydroxylation sites is 1. The Bertz CT molecular complexity index is 1340. The van der Waals surface area contributed by atoms with E-state index >= 15 is 0 Å². The number of methoxy groups -OCH3 is 1. The zero-order valence-electron chi connectivity index (χ0n) is 15.8. The standard InChI is InChI=1S/C21H15ClN2O6/c1-28-17-7-6-12(8-14(17)22)15(25)10-29-18(26)9-24-11-23-19-13-4-2-3-5-16(13)30-20(19)21(24)27/h2-8,11H,9-10H2,1H3. The van der Waals surface area contributed by atoms with Gasteiger partial charge in [-0.3, -0.25) is 19.0 Å². The highest BCUT2D eigenvalue weighted by Crippen LogP contribution is 2.25. The van der Waals surface area contributed by atoms with Crippen LogP contribution >= 0.6 is 11.6 Å². The summed E-state index contributed by atoms with van der Waals surface area (Å²) in [4.78, 5) is 41.2. The molecule has 30 heavy (non-hydrogen) atoms. The number of furan rings is 1. The Hall–Kier alpha value is -3.65. The number of rotatable bonds is 6. The van der Waals surface area contributed by atoms with Crippen molar-refractivity contribution < 1.29 is 23.5 Å². The minimum Gasteiger partial charge on any atom is -0.495 e. The lowest BCUT2D eigenvalue weighted by molar-refractivity contribution is -0.143. The van der Waals surface area contributed by atoms with Gasteiger partial charge in [0.25, 0.3) is 5.56 Å². The molecule has 0 spiro atoms. The molecule has 0 N–H and O–H groups in total. The Kier molecular flexibility index (Phi) is 5.24. The molecular formula is C21H15ClN2O6. The normalized spacial score (nSPS) is 11.0. The average molecular weight is 427 g/mol. The van der Waals surface area contributed by atoms with Crippen LogP contribution in [-0.2, 0) is 16.1 Å². The van der Waals surface area contributed by atoms with E-state index in [1.54, 1.807) is 24.3 Å². The molecule has 0 saturated carbocycles. The molecule has 0 atom stereocenters. The first kappa shape index (κ1) is 19.7. The van der Waals surface area contributed by atoms with E-state index in [0.717, 1.165) is 4.57 Å². The minimum absolute atomic E-state index is 0.0513. The number of hydrogen-bond donors (Lipinski definition) is 0. The van der Waals surface area contributed by atoms with Crippen LogP contribution in [0.25, 0.3) is 22.1 Å². The Morgan fingerprint density at radius 1 is 1.20 bits per heavy atom. The van der Waals surface area contributed by atoms with Crippen molar-refractivity contribution in [3.8, 4) is 5.75 Å². The second kappa shape index (κ2) is 8.00. The number of aromatic nitrogens is 2. The van der Waals surface area contributed by atoms with Gasteiger partial charge in [0.2, 0.25) is 5.58 Å². The van der Waals surface area contributed by atoms with Crippen molar-refractivity contribution in [2.24, 2.45) is 0 Å². The number of nitrogens with zero attached hydrogens (tertiary/aromatic N) is 2. The molecule has 0 unspecified atom stereocenters. The Labute approximate surface area is 174 Å². The van der Waals surface area contributed by atoms with Gasteiger partial charge in [0.05, 0.1) is 18.5 Å². The van der Waals surface area contributed by atoms with E-state index in [4.69, 9.17) is 25.5 Å². The second-order valence-electron chi connectivity index (χ2n) is 6.39. The van der Waals surface area contributed by atoms with Crippen molar-refractivity contribution >= 4 is 45.4 Å². The molecule has 152 valence electrons. The molecule has 2 aromatic carbocycles. The van der Waals surface area contributed by atoms with Crippen LogP contribution in [0.4, 0.5) is 0 Å². The molecule has 0 amide bonds. The number of esters is 1. The van der Waals surface area contributed by atoms with Crippen LogP contribution in [0.2, 0.25) is 5.02 Å². The first-order valence-corrected chi connectivity index (χ1v) is 9.25. The molecule has 0 saturated heterocycles. The van der Waals surface area contributed by atoms with Crippen LogP contribution in [0.1, 0.15) is 10.4 Å². The van der Waals surface area contributed by atoms with Gasteiger partial charge in [-0.2, -0.15) is 0 Å².